The lowest BCUT2D eigenvalue weighted by Gasteiger charge is -2.07. The second kappa shape index (κ2) is 5.35. The van der Waals surface area contributed by atoms with E-state index in [1.165, 1.54) is 0 Å². The summed E-state index contributed by atoms with van der Waals surface area (Å²) in [4.78, 5) is 8.94. The maximum atomic E-state index is 5.39. The van der Waals surface area contributed by atoms with E-state index in [1.54, 1.807) is 0 Å². The predicted octanol–water partition coefficient (Wildman–Crippen LogP) is 4.33. The zero-order valence-corrected chi connectivity index (χ0v) is 13.0. The Morgan fingerprint density at radius 1 is 1.00 bits per heavy atom. The van der Waals surface area contributed by atoms with E-state index in [1.807, 2.05) is 48.8 Å². The quantitative estimate of drug-likeness (QED) is 0.565. The van der Waals surface area contributed by atoms with Crippen LogP contribution in [-0.2, 0) is 0 Å². The van der Waals surface area contributed by atoms with Gasteiger partial charge in [-0.2, -0.15) is 4.98 Å². The van der Waals surface area contributed by atoms with E-state index in [-0.39, 0.29) is 0 Å². The molecule has 2 heterocycles. The molecule has 0 N–H and O–H groups in total. The monoisotopic (exact) mass is 304 g/mol. The van der Waals surface area contributed by atoms with Crippen LogP contribution in [-0.4, -0.2) is 19.7 Å². The zero-order valence-electron chi connectivity index (χ0n) is 13.0. The minimum absolute atomic E-state index is 0.348. The second-order valence-corrected chi connectivity index (χ2v) is 5.74. The first-order valence-electron chi connectivity index (χ1n) is 7.58. The number of hydrogen-bond donors (Lipinski definition) is 0. The van der Waals surface area contributed by atoms with E-state index in [4.69, 9.17) is 4.52 Å². The Hall–Kier alpha value is -2.95. The van der Waals surface area contributed by atoms with Gasteiger partial charge in [-0.3, -0.25) is 0 Å². The number of hydrogen-bond acceptors (Lipinski definition) is 4. The third-order valence-corrected chi connectivity index (χ3v) is 3.84. The highest BCUT2D eigenvalue weighted by molar-refractivity contribution is 5.81. The van der Waals surface area contributed by atoms with Crippen molar-refractivity contribution in [3.63, 3.8) is 0 Å². The highest BCUT2D eigenvalue weighted by atomic mass is 16.5. The van der Waals surface area contributed by atoms with Crippen LogP contribution in [0.15, 0.2) is 59.4 Å². The predicted molar refractivity (Wildman–Crippen MR) is 88.8 cm³/mol. The molecule has 0 amide bonds. The van der Waals surface area contributed by atoms with E-state index >= 15 is 0 Å². The number of benzene rings is 2. The average Bonchev–Trinajstić information content (AvgIpc) is 3.22. The molecule has 5 heteroatoms. The van der Waals surface area contributed by atoms with Crippen LogP contribution in [0.4, 0.5) is 0 Å². The van der Waals surface area contributed by atoms with Gasteiger partial charge < -0.3 is 9.09 Å². The summed E-state index contributed by atoms with van der Waals surface area (Å²) in [5, 5.41) is 4.11. The molecule has 0 bridgehead atoms. The Kier molecular flexibility index (Phi) is 3.19. The van der Waals surface area contributed by atoms with Gasteiger partial charge in [-0.1, -0.05) is 23.4 Å². The lowest BCUT2D eigenvalue weighted by molar-refractivity contribution is 0.432. The van der Waals surface area contributed by atoms with Gasteiger partial charge in [0.1, 0.15) is 0 Å². The number of imidazole rings is 1. The molecule has 0 saturated heterocycles. The topological polar surface area (TPSA) is 56.7 Å². The maximum absolute atomic E-state index is 5.39. The van der Waals surface area contributed by atoms with Crippen molar-refractivity contribution in [1.82, 2.24) is 19.7 Å². The minimum atomic E-state index is 0.348. The van der Waals surface area contributed by atoms with Gasteiger partial charge in [0.05, 0.1) is 17.4 Å². The molecular formula is C18H16N4O. The summed E-state index contributed by atoms with van der Waals surface area (Å²) < 4.78 is 7.53. The Labute approximate surface area is 133 Å². The summed E-state index contributed by atoms with van der Waals surface area (Å²) in [6.45, 7) is 4.27. The van der Waals surface area contributed by atoms with Gasteiger partial charge in [0.2, 0.25) is 5.82 Å². The summed E-state index contributed by atoms with van der Waals surface area (Å²) in [5.41, 5.74) is 3.88. The highest BCUT2D eigenvalue weighted by Gasteiger charge is 2.13. The standard InChI is InChI=1S/C18H16N4O/c1-12(2)22-11-19-15-9-8-14(10-16(15)22)17-20-18(23-21-17)13-6-4-3-5-7-13/h3-12H,1-2H3. The van der Waals surface area contributed by atoms with Crippen LogP contribution in [0.5, 0.6) is 0 Å². The largest absolute Gasteiger partial charge is 0.334 e. The number of aromatic nitrogens is 4. The molecule has 0 radical (unpaired) electrons. The van der Waals surface area contributed by atoms with Gasteiger partial charge in [-0.15, -0.1) is 0 Å². The summed E-state index contributed by atoms with van der Waals surface area (Å²) in [6.07, 6.45) is 1.87. The molecule has 5 nitrogen and oxygen atoms in total. The molecule has 0 unspecified atom stereocenters. The molecule has 0 atom stereocenters. The Morgan fingerprint density at radius 3 is 2.61 bits per heavy atom. The summed E-state index contributed by atoms with van der Waals surface area (Å²) >= 11 is 0. The Bertz CT molecular complexity index is 953. The fourth-order valence-electron chi connectivity index (χ4n) is 2.62. The number of nitrogens with zero attached hydrogens (tertiary/aromatic N) is 4. The molecule has 0 aliphatic heterocycles. The zero-order chi connectivity index (χ0) is 15.8. The number of rotatable bonds is 3. The van der Waals surface area contributed by atoms with Crippen LogP contribution in [0.3, 0.4) is 0 Å². The van der Waals surface area contributed by atoms with E-state index < -0.39 is 0 Å². The van der Waals surface area contributed by atoms with Gasteiger partial charge in [0.15, 0.2) is 0 Å². The van der Waals surface area contributed by atoms with Crippen molar-refractivity contribution in [3.05, 3.63) is 54.9 Å². The maximum Gasteiger partial charge on any atom is 0.258 e. The van der Waals surface area contributed by atoms with Crippen molar-refractivity contribution in [2.45, 2.75) is 19.9 Å². The van der Waals surface area contributed by atoms with Gasteiger partial charge in [-0.05, 0) is 44.2 Å². The van der Waals surface area contributed by atoms with Crippen molar-refractivity contribution < 1.29 is 4.52 Å². The molecule has 4 aromatic rings. The summed E-state index contributed by atoms with van der Waals surface area (Å²) in [6, 6.07) is 16.1. The molecule has 23 heavy (non-hydrogen) atoms. The molecular weight excluding hydrogens is 288 g/mol. The van der Waals surface area contributed by atoms with Crippen LogP contribution in [0.1, 0.15) is 19.9 Å². The van der Waals surface area contributed by atoms with Gasteiger partial charge >= 0.3 is 0 Å². The first-order valence-corrected chi connectivity index (χ1v) is 7.58. The summed E-state index contributed by atoms with van der Waals surface area (Å²) in [7, 11) is 0. The normalized spacial score (nSPS) is 11.4. The van der Waals surface area contributed by atoms with Crippen molar-refractivity contribution in [2.75, 3.05) is 0 Å². The van der Waals surface area contributed by atoms with Gasteiger partial charge in [0, 0.05) is 17.2 Å². The van der Waals surface area contributed by atoms with Crippen molar-refractivity contribution in [1.29, 1.82) is 0 Å². The van der Waals surface area contributed by atoms with E-state index in [2.05, 4.69) is 39.6 Å². The van der Waals surface area contributed by atoms with Crippen molar-refractivity contribution >= 4 is 11.0 Å². The van der Waals surface area contributed by atoms with E-state index in [0.717, 1.165) is 22.2 Å². The van der Waals surface area contributed by atoms with Crippen LogP contribution < -0.4 is 0 Å². The second-order valence-electron chi connectivity index (χ2n) is 5.74. The van der Waals surface area contributed by atoms with Crippen LogP contribution in [0.2, 0.25) is 0 Å². The molecule has 114 valence electrons. The molecule has 2 aromatic heterocycles. The third kappa shape index (κ3) is 2.40. The van der Waals surface area contributed by atoms with Crippen molar-refractivity contribution in [3.8, 4) is 22.8 Å². The van der Waals surface area contributed by atoms with E-state index in [9.17, 15) is 0 Å². The minimum Gasteiger partial charge on any atom is -0.334 e. The lowest BCUT2D eigenvalue weighted by Crippen LogP contribution is -1.98. The molecule has 0 aliphatic rings. The SMILES string of the molecule is CC(C)n1cnc2ccc(-c3noc(-c4ccccc4)n3)cc21. The average molecular weight is 304 g/mol. The third-order valence-electron chi connectivity index (χ3n) is 3.84. The summed E-state index contributed by atoms with van der Waals surface area (Å²) in [5.74, 6) is 1.11. The first kappa shape index (κ1) is 13.7. The molecule has 0 aliphatic carbocycles. The van der Waals surface area contributed by atoms with Crippen molar-refractivity contribution in [2.24, 2.45) is 0 Å². The molecule has 4 rings (SSSR count). The van der Waals surface area contributed by atoms with Gasteiger partial charge in [0.25, 0.3) is 5.89 Å². The van der Waals surface area contributed by atoms with Gasteiger partial charge in [-0.25, -0.2) is 4.98 Å². The Balaban J connectivity index is 1.77. The lowest BCUT2D eigenvalue weighted by atomic mass is 10.2. The van der Waals surface area contributed by atoms with Crippen LogP contribution in [0.25, 0.3) is 33.9 Å². The fourth-order valence-corrected chi connectivity index (χ4v) is 2.62. The highest BCUT2D eigenvalue weighted by Crippen LogP contribution is 2.26. The molecule has 0 saturated carbocycles. The van der Waals surface area contributed by atoms with Crippen LogP contribution in [0, 0.1) is 0 Å². The number of fused-ring (bicyclic) bond motifs is 1. The molecule has 0 spiro atoms. The first-order chi connectivity index (χ1) is 11.2. The molecule has 0 fully saturated rings. The molecule has 2 aromatic carbocycles. The smallest absolute Gasteiger partial charge is 0.258 e. The van der Waals surface area contributed by atoms with Crippen LogP contribution >= 0.6 is 0 Å². The Morgan fingerprint density at radius 2 is 1.83 bits per heavy atom. The van der Waals surface area contributed by atoms with E-state index in [0.29, 0.717) is 17.8 Å². The fraction of sp³-hybridized carbons (Fsp3) is 0.167.